The minimum absolute atomic E-state index is 0.314. The Bertz CT molecular complexity index is 714. The van der Waals surface area contributed by atoms with Gasteiger partial charge in [-0.15, -0.1) is 11.3 Å². The molecule has 0 fully saturated rings. The largest absolute Gasteiger partial charge is 0.486 e. The summed E-state index contributed by atoms with van der Waals surface area (Å²) < 4.78 is 6.82. The number of hydrogen-bond donors (Lipinski definition) is 0. The van der Waals surface area contributed by atoms with Crippen LogP contribution in [0.5, 0.6) is 5.75 Å². The van der Waals surface area contributed by atoms with Crippen molar-refractivity contribution in [3.8, 4) is 5.75 Å². The summed E-state index contributed by atoms with van der Waals surface area (Å²) in [6.45, 7) is 0.314. The van der Waals surface area contributed by atoms with E-state index in [4.69, 9.17) is 16.3 Å². The molecule has 3 rings (SSSR count). The van der Waals surface area contributed by atoms with E-state index in [-0.39, 0.29) is 0 Å². The normalized spacial score (nSPS) is 10.8. The van der Waals surface area contributed by atoms with Gasteiger partial charge in [0.2, 0.25) is 0 Å². The van der Waals surface area contributed by atoms with Crippen LogP contribution in [-0.4, -0.2) is 9.97 Å². The van der Waals surface area contributed by atoms with E-state index in [2.05, 4.69) is 32.6 Å². The maximum atomic E-state index is 6.11. The Morgan fingerprint density at radius 2 is 1.95 bits per heavy atom. The fourth-order valence-corrected chi connectivity index (χ4v) is 3.05. The van der Waals surface area contributed by atoms with Gasteiger partial charge in [-0.3, -0.25) is 0 Å². The third kappa shape index (κ3) is 2.98. The molecular weight excluding hydrogens is 395 g/mol. The summed E-state index contributed by atoms with van der Waals surface area (Å²) in [6.07, 6.45) is 0. The third-order valence-electron chi connectivity index (χ3n) is 2.51. The molecule has 0 N–H and O–H groups in total. The molecule has 0 unspecified atom stereocenters. The van der Waals surface area contributed by atoms with Crippen LogP contribution in [0.3, 0.4) is 0 Å². The van der Waals surface area contributed by atoms with Crippen LogP contribution in [0.4, 0.5) is 0 Å². The van der Waals surface area contributed by atoms with E-state index < -0.39 is 0 Å². The molecule has 0 bridgehead atoms. The molecule has 0 atom stereocenters. The molecule has 0 saturated heterocycles. The molecule has 1 aromatic carbocycles. The Balaban J connectivity index is 1.79. The van der Waals surface area contributed by atoms with Crippen LogP contribution in [0.1, 0.15) is 5.82 Å². The quantitative estimate of drug-likeness (QED) is 0.477. The summed E-state index contributed by atoms with van der Waals surface area (Å²) in [6, 6.07) is 9.75. The van der Waals surface area contributed by atoms with Gasteiger partial charge in [-0.05, 0) is 58.3 Å². The highest BCUT2D eigenvalue weighted by Gasteiger charge is 2.07. The van der Waals surface area contributed by atoms with E-state index in [1.54, 1.807) is 11.3 Å². The standard InChI is InChI=1S/C13H8ClIN2OS/c14-12-10-5-6-19-13(10)17-11(16-12)7-18-9-3-1-8(15)2-4-9/h1-6H,7H2. The number of hydrogen-bond acceptors (Lipinski definition) is 4. The summed E-state index contributed by atoms with van der Waals surface area (Å²) >= 11 is 9.91. The van der Waals surface area contributed by atoms with Gasteiger partial charge in [0.25, 0.3) is 0 Å². The van der Waals surface area contributed by atoms with Gasteiger partial charge in [0.1, 0.15) is 22.3 Å². The summed E-state index contributed by atoms with van der Waals surface area (Å²) in [5, 5.41) is 3.33. The van der Waals surface area contributed by atoms with Crippen molar-refractivity contribution in [3.05, 3.63) is 50.3 Å². The lowest BCUT2D eigenvalue weighted by Crippen LogP contribution is -2.01. The van der Waals surface area contributed by atoms with Crippen molar-refractivity contribution in [2.45, 2.75) is 6.61 Å². The van der Waals surface area contributed by atoms with Crippen LogP contribution in [0.25, 0.3) is 10.2 Å². The van der Waals surface area contributed by atoms with Gasteiger partial charge in [0.15, 0.2) is 5.82 Å². The molecule has 0 aliphatic rings. The lowest BCUT2D eigenvalue weighted by Gasteiger charge is -2.05. The highest BCUT2D eigenvalue weighted by molar-refractivity contribution is 14.1. The van der Waals surface area contributed by atoms with E-state index in [1.165, 1.54) is 3.57 Å². The molecule has 0 radical (unpaired) electrons. The Kier molecular flexibility index (Phi) is 3.86. The molecule has 19 heavy (non-hydrogen) atoms. The van der Waals surface area contributed by atoms with Gasteiger partial charge in [-0.2, -0.15) is 0 Å². The highest BCUT2D eigenvalue weighted by Crippen LogP contribution is 2.25. The molecule has 0 saturated carbocycles. The van der Waals surface area contributed by atoms with Crippen molar-refractivity contribution >= 4 is 55.7 Å². The number of thiophene rings is 1. The van der Waals surface area contributed by atoms with E-state index >= 15 is 0 Å². The van der Waals surface area contributed by atoms with Crippen molar-refractivity contribution in [2.75, 3.05) is 0 Å². The van der Waals surface area contributed by atoms with E-state index in [0.29, 0.717) is 17.6 Å². The number of nitrogens with zero attached hydrogens (tertiary/aromatic N) is 2. The zero-order chi connectivity index (χ0) is 13.2. The second-order valence-electron chi connectivity index (χ2n) is 3.81. The monoisotopic (exact) mass is 402 g/mol. The molecule has 2 heterocycles. The predicted molar refractivity (Wildman–Crippen MR) is 85.9 cm³/mol. The summed E-state index contributed by atoms with van der Waals surface area (Å²) in [4.78, 5) is 9.56. The van der Waals surface area contributed by atoms with Gasteiger partial charge in [0, 0.05) is 8.96 Å². The molecule has 3 nitrogen and oxygen atoms in total. The van der Waals surface area contributed by atoms with E-state index in [1.807, 2.05) is 35.7 Å². The van der Waals surface area contributed by atoms with Crippen LogP contribution in [0.15, 0.2) is 35.7 Å². The number of halogens is 2. The second kappa shape index (κ2) is 5.60. The van der Waals surface area contributed by atoms with Gasteiger partial charge in [-0.1, -0.05) is 11.6 Å². The Hall–Kier alpha value is -0.920. The zero-order valence-corrected chi connectivity index (χ0v) is 13.4. The molecular formula is C13H8ClIN2OS. The number of ether oxygens (including phenoxy) is 1. The SMILES string of the molecule is Clc1nc(COc2ccc(I)cc2)nc2sccc12. The first-order valence-corrected chi connectivity index (χ1v) is 7.84. The van der Waals surface area contributed by atoms with Crippen LogP contribution in [0, 0.1) is 3.57 Å². The van der Waals surface area contributed by atoms with E-state index in [9.17, 15) is 0 Å². The minimum Gasteiger partial charge on any atom is -0.486 e. The fourth-order valence-electron chi connectivity index (χ4n) is 1.60. The van der Waals surface area contributed by atoms with Crippen molar-refractivity contribution in [3.63, 3.8) is 0 Å². The van der Waals surface area contributed by atoms with Crippen molar-refractivity contribution in [1.29, 1.82) is 0 Å². The number of fused-ring (bicyclic) bond motifs is 1. The minimum atomic E-state index is 0.314. The molecule has 0 spiro atoms. The molecule has 6 heteroatoms. The maximum Gasteiger partial charge on any atom is 0.169 e. The summed E-state index contributed by atoms with van der Waals surface area (Å²) in [5.41, 5.74) is 0. The van der Waals surface area contributed by atoms with Crippen molar-refractivity contribution in [1.82, 2.24) is 9.97 Å². The lowest BCUT2D eigenvalue weighted by atomic mass is 10.3. The summed E-state index contributed by atoms with van der Waals surface area (Å²) in [7, 11) is 0. The van der Waals surface area contributed by atoms with Gasteiger partial charge >= 0.3 is 0 Å². The first-order valence-electron chi connectivity index (χ1n) is 5.50. The third-order valence-corrected chi connectivity index (χ3v) is 4.32. The zero-order valence-electron chi connectivity index (χ0n) is 9.64. The Morgan fingerprint density at radius 1 is 1.16 bits per heavy atom. The number of rotatable bonds is 3. The predicted octanol–water partition coefficient (Wildman–Crippen LogP) is 4.53. The van der Waals surface area contributed by atoms with Crippen molar-refractivity contribution in [2.24, 2.45) is 0 Å². The number of aromatic nitrogens is 2. The fraction of sp³-hybridized carbons (Fsp3) is 0.0769. The molecule has 2 aromatic heterocycles. The van der Waals surface area contributed by atoms with Gasteiger partial charge < -0.3 is 4.74 Å². The first-order chi connectivity index (χ1) is 9.22. The second-order valence-corrected chi connectivity index (χ2v) is 6.31. The van der Waals surface area contributed by atoms with Gasteiger partial charge in [-0.25, -0.2) is 9.97 Å². The smallest absolute Gasteiger partial charge is 0.169 e. The lowest BCUT2D eigenvalue weighted by molar-refractivity contribution is 0.296. The molecule has 3 aromatic rings. The number of benzene rings is 1. The average molecular weight is 403 g/mol. The maximum absolute atomic E-state index is 6.11. The molecule has 0 aliphatic carbocycles. The van der Waals surface area contributed by atoms with E-state index in [0.717, 1.165) is 16.0 Å². The first kappa shape index (κ1) is 13.1. The average Bonchev–Trinajstić information content (AvgIpc) is 2.87. The van der Waals surface area contributed by atoms with Crippen LogP contribution in [0.2, 0.25) is 5.15 Å². The van der Waals surface area contributed by atoms with Crippen LogP contribution < -0.4 is 4.74 Å². The molecule has 0 amide bonds. The summed E-state index contributed by atoms with van der Waals surface area (Å²) in [5.74, 6) is 1.39. The highest BCUT2D eigenvalue weighted by atomic mass is 127. The van der Waals surface area contributed by atoms with Crippen LogP contribution >= 0.6 is 45.5 Å². The van der Waals surface area contributed by atoms with Crippen LogP contribution in [-0.2, 0) is 6.61 Å². The van der Waals surface area contributed by atoms with Gasteiger partial charge in [0.05, 0.1) is 0 Å². The Morgan fingerprint density at radius 3 is 2.74 bits per heavy atom. The molecule has 0 aliphatic heterocycles. The topological polar surface area (TPSA) is 35.0 Å². The molecule has 96 valence electrons. The van der Waals surface area contributed by atoms with Crippen molar-refractivity contribution < 1.29 is 4.74 Å². The Labute approximate surface area is 132 Å².